The molecule has 1 aliphatic rings. The van der Waals surface area contributed by atoms with Crippen molar-refractivity contribution in [3.63, 3.8) is 0 Å². The van der Waals surface area contributed by atoms with E-state index in [-0.39, 0.29) is 0 Å². The molecule has 8 nitrogen and oxygen atoms in total. The molecule has 0 amide bonds. The third-order valence-electron chi connectivity index (χ3n) is 2.67. The molecule has 21 heavy (non-hydrogen) atoms. The van der Waals surface area contributed by atoms with Gasteiger partial charge in [0, 0.05) is 20.8 Å². The number of rotatable bonds is 5. The molecule has 0 spiro atoms. The second kappa shape index (κ2) is 7.32. The lowest BCUT2D eigenvalue weighted by Crippen LogP contribution is -2.45. The third kappa shape index (κ3) is 4.64. The monoisotopic (exact) mass is 308 g/mol. The molecule has 0 radical (unpaired) electrons. The van der Waals surface area contributed by atoms with E-state index >= 15 is 0 Å². The molecule has 0 aromatic heterocycles. The average Bonchev–Trinajstić information content (AvgIpc) is 2.63. The van der Waals surface area contributed by atoms with Crippen LogP contribution in [-0.4, -0.2) is 60.4 Å². The van der Waals surface area contributed by atoms with Gasteiger partial charge >= 0.3 is 17.9 Å². The molecule has 120 valence electrons. The van der Waals surface area contributed by atoms with Crippen LogP contribution >= 0.6 is 0 Å². The quantitative estimate of drug-likeness (QED) is 0.533. The minimum absolute atomic E-state index is 0.746. The maximum atomic E-state index is 13.0. The lowest BCUT2D eigenvalue weighted by molar-refractivity contribution is -0.178. The Morgan fingerprint density at radius 2 is 1.62 bits per heavy atom. The smallest absolute Gasteiger partial charge is 0.303 e. The van der Waals surface area contributed by atoms with Gasteiger partial charge in [0.25, 0.3) is 0 Å². The van der Waals surface area contributed by atoms with Crippen molar-refractivity contribution >= 4 is 17.9 Å². The molecule has 0 aliphatic carbocycles. The first-order chi connectivity index (χ1) is 9.76. The number of halogens is 1. The van der Waals surface area contributed by atoms with E-state index in [4.69, 9.17) is 18.9 Å². The average molecular weight is 308 g/mol. The van der Waals surface area contributed by atoms with Gasteiger partial charge < -0.3 is 24.1 Å². The first-order valence-corrected chi connectivity index (χ1v) is 6.17. The fourth-order valence-corrected chi connectivity index (χ4v) is 2.01. The maximum absolute atomic E-state index is 13.0. The minimum Gasteiger partial charge on any atom is -0.457 e. The molecule has 1 heterocycles. The fraction of sp³-hybridized carbons (Fsp3) is 0.750. The van der Waals surface area contributed by atoms with E-state index in [1.165, 1.54) is 0 Å². The number of hydrogen-bond acceptors (Lipinski definition) is 8. The number of carbonyl (C=O) groups excluding carboxylic acids is 3. The van der Waals surface area contributed by atoms with E-state index in [0.717, 1.165) is 20.8 Å². The lowest BCUT2D eigenvalue weighted by atomic mass is 10.1. The Hall–Kier alpha value is -1.74. The fourth-order valence-electron chi connectivity index (χ4n) is 2.01. The van der Waals surface area contributed by atoms with Gasteiger partial charge in [-0.15, -0.1) is 0 Å². The third-order valence-corrected chi connectivity index (χ3v) is 2.67. The first-order valence-electron chi connectivity index (χ1n) is 6.17. The summed E-state index contributed by atoms with van der Waals surface area (Å²) in [5.74, 6) is -2.27. The summed E-state index contributed by atoms with van der Waals surface area (Å²) in [6, 6.07) is 0. The largest absolute Gasteiger partial charge is 0.457 e. The van der Waals surface area contributed by atoms with Crippen LogP contribution in [0.4, 0.5) is 4.39 Å². The SMILES string of the molecule is CC(=O)O[C@H]1[C@H]([C@@H](CF)OC(C)=O)OC(O)[C@@H]1OC(C)=O. The van der Waals surface area contributed by atoms with Crippen LogP contribution in [-0.2, 0) is 33.3 Å². The topological polar surface area (TPSA) is 108 Å². The Labute approximate surface area is 120 Å². The van der Waals surface area contributed by atoms with Gasteiger partial charge in [-0.05, 0) is 0 Å². The molecule has 0 aromatic rings. The van der Waals surface area contributed by atoms with Crippen LogP contribution in [0.25, 0.3) is 0 Å². The standard InChI is InChI=1S/C12H17FO8/c1-5(14)18-8(4-13)9-10(19-6(2)15)11(12(17)21-9)20-7(3)16/h8-12,17H,4H2,1-3H3/t8-,9+,10+,11-,12?/m1/s1. The molecule has 1 fully saturated rings. The van der Waals surface area contributed by atoms with Crippen molar-refractivity contribution in [1.82, 2.24) is 0 Å². The normalized spacial score (nSPS) is 29.6. The van der Waals surface area contributed by atoms with Crippen molar-refractivity contribution in [2.45, 2.75) is 51.5 Å². The molecule has 1 saturated heterocycles. The van der Waals surface area contributed by atoms with Crippen LogP contribution in [0.3, 0.4) is 0 Å². The van der Waals surface area contributed by atoms with Crippen molar-refractivity contribution in [3.05, 3.63) is 0 Å². The van der Waals surface area contributed by atoms with E-state index in [0.29, 0.717) is 0 Å². The number of alkyl halides is 1. The van der Waals surface area contributed by atoms with Gasteiger partial charge in [-0.2, -0.15) is 0 Å². The van der Waals surface area contributed by atoms with E-state index in [1.807, 2.05) is 0 Å². The number of hydrogen-bond donors (Lipinski definition) is 1. The highest BCUT2D eigenvalue weighted by Crippen LogP contribution is 2.29. The molecule has 1 N–H and O–H groups in total. The Balaban J connectivity index is 2.96. The number of esters is 3. The maximum Gasteiger partial charge on any atom is 0.303 e. The van der Waals surface area contributed by atoms with Gasteiger partial charge in [-0.1, -0.05) is 0 Å². The van der Waals surface area contributed by atoms with Crippen LogP contribution in [0.1, 0.15) is 20.8 Å². The van der Waals surface area contributed by atoms with E-state index < -0.39 is 55.3 Å². The molecule has 1 unspecified atom stereocenters. The zero-order valence-corrected chi connectivity index (χ0v) is 11.8. The molecule has 9 heteroatoms. The summed E-state index contributed by atoms with van der Waals surface area (Å²) < 4.78 is 32.5. The summed E-state index contributed by atoms with van der Waals surface area (Å²) in [6.45, 7) is 2.12. The van der Waals surface area contributed by atoms with Gasteiger partial charge in [-0.3, -0.25) is 14.4 Å². The Morgan fingerprint density at radius 3 is 2.05 bits per heavy atom. The molecule has 0 aromatic carbocycles. The van der Waals surface area contributed by atoms with Gasteiger partial charge in [0.15, 0.2) is 24.6 Å². The molecule has 5 atom stereocenters. The molecule has 1 aliphatic heterocycles. The molecular weight excluding hydrogens is 291 g/mol. The van der Waals surface area contributed by atoms with Crippen molar-refractivity contribution in [2.75, 3.05) is 6.67 Å². The number of carbonyl (C=O) groups is 3. The van der Waals surface area contributed by atoms with E-state index in [1.54, 1.807) is 0 Å². The second-order valence-corrected chi connectivity index (χ2v) is 4.44. The highest BCUT2D eigenvalue weighted by Gasteiger charge is 2.52. The van der Waals surface area contributed by atoms with Gasteiger partial charge in [-0.25, -0.2) is 4.39 Å². The second-order valence-electron chi connectivity index (χ2n) is 4.44. The summed E-state index contributed by atoms with van der Waals surface area (Å²) in [5, 5.41) is 9.72. The zero-order chi connectivity index (χ0) is 16.2. The van der Waals surface area contributed by atoms with Crippen molar-refractivity contribution in [1.29, 1.82) is 0 Å². The molecule has 0 bridgehead atoms. The Bertz CT molecular complexity index is 412. The Morgan fingerprint density at radius 1 is 1.10 bits per heavy atom. The zero-order valence-electron chi connectivity index (χ0n) is 11.8. The molecular formula is C12H17FO8. The highest BCUT2D eigenvalue weighted by atomic mass is 19.1. The summed E-state index contributed by atoms with van der Waals surface area (Å²) in [5.41, 5.74) is 0. The summed E-state index contributed by atoms with van der Waals surface area (Å²) in [4.78, 5) is 33.1. The van der Waals surface area contributed by atoms with Crippen molar-refractivity contribution in [3.8, 4) is 0 Å². The van der Waals surface area contributed by atoms with Crippen molar-refractivity contribution in [2.24, 2.45) is 0 Å². The van der Waals surface area contributed by atoms with Gasteiger partial charge in [0.1, 0.15) is 12.8 Å². The first kappa shape index (κ1) is 17.3. The predicted octanol–water partition coefficient (Wildman–Crippen LogP) is -0.532. The Kier molecular flexibility index (Phi) is 6.03. The number of ether oxygens (including phenoxy) is 4. The van der Waals surface area contributed by atoms with Crippen LogP contribution in [0.5, 0.6) is 0 Å². The summed E-state index contributed by atoms with van der Waals surface area (Å²) in [7, 11) is 0. The highest BCUT2D eigenvalue weighted by molar-refractivity contribution is 5.68. The minimum atomic E-state index is -1.63. The van der Waals surface area contributed by atoms with Crippen LogP contribution in [0.15, 0.2) is 0 Å². The van der Waals surface area contributed by atoms with Crippen LogP contribution < -0.4 is 0 Å². The van der Waals surface area contributed by atoms with Crippen LogP contribution in [0.2, 0.25) is 0 Å². The molecule has 1 rings (SSSR count). The lowest BCUT2D eigenvalue weighted by Gasteiger charge is -2.26. The van der Waals surface area contributed by atoms with E-state index in [9.17, 15) is 23.9 Å². The predicted molar refractivity (Wildman–Crippen MR) is 63.5 cm³/mol. The van der Waals surface area contributed by atoms with Crippen LogP contribution in [0, 0.1) is 0 Å². The van der Waals surface area contributed by atoms with Gasteiger partial charge in [0.05, 0.1) is 0 Å². The molecule has 0 saturated carbocycles. The van der Waals surface area contributed by atoms with E-state index in [2.05, 4.69) is 0 Å². The number of aliphatic hydroxyl groups excluding tert-OH is 1. The summed E-state index contributed by atoms with van der Waals surface area (Å²) in [6.07, 6.45) is -6.94. The summed E-state index contributed by atoms with van der Waals surface area (Å²) >= 11 is 0. The van der Waals surface area contributed by atoms with Crippen molar-refractivity contribution < 1.29 is 42.8 Å². The van der Waals surface area contributed by atoms with Gasteiger partial charge in [0.2, 0.25) is 0 Å². The number of aliphatic hydroxyl groups is 1.